The van der Waals surface area contributed by atoms with E-state index >= 15 is 0 Å². The molecule has 0 aliphatic heterocycles. The molecule has 0 fully saturated rings. The van der Waals surface area contributed by atoms with Crippen molar-refractivity contribution in [2.24, 2.45) is 0 Å². The predicted octanol–water partition coefficient (Wildman–Crippen LogP) is 6.07. The van der Waals surface area contributed by atoms with E-state index in [0.717, 1.165) is 0 Å². The minimum Gasteiger partial charge on any atom is -0.450 e. The van der Waals surface area contributed by atoms with Crippen molar-refractivity contribution in [3.8, 4) is 0 Å². The maximum atomic E-state index is 13.2. The van der Waals surface area contributed by atoms with Crippen LogP contribution in [0.4, 0.5) is 16.3 Å². The van der Waals surface area contributed by atoms with Crippen LogP contribution in [0.15, 0.2) is 48.5 Å². The lowest BCUT2D eigenvalue weighted by atomic mass is 10.00. The number of nitrogens with one attached hydrogen (secondary N) is 2. The molecule has 166 valence electrons. The topological polar surface area (TPSA) is 80.3 Å². The van der Waals surface area contributed by atoms with Gasteiger partial charge in [-0.25, -0.2) is 9.78 Å². The SMILES string of the molecule is CCOC(=O)Nc1ccc(NCc2c(C)cc(C)cc2C)nc1C(=O)c1ccccc1Cl. The van der Waals surface area contributed by atoms with Crippen molar-refractivity contribution in [1.82, 2.24) is 4.98 Å². The molecule has 0 aliphatic carbocycles. The molecule has 32 heavy (non-hydrogen) atoms. The van der Waals surface area contributed by atoms with Crippen molar-refractivity contribution in [3.63, 3.8) is 0 Å². The Balaban J connectivity index is 1.94. The van der Waals surface area contributed by atoms with Gasteiger partial charge in [-0.1, -0.05) is 41.4 Å². The van der Waals surface area contributed by atoms with Gasteiger partial charge >= 0.3 is 6.09 Å². The number of aryl methyl sites for hydroxylation is 3. The van der Waals surface area contributed by atoms with Crippen molar-refractivity contribution in [1.29, 1.82) is 0 Å². The third-order valence-electron chi connectivity index (χ3n) is 5.03. The highest BCUT2D eigenvalue weighted by molar-refractivity contribution is 6.35. The molecule has 0 saturated heterocycles. The van der Waals surface area contributed by atoms with Gasteiger partial charge in [-0.15, -0.1) is 0 Å². The first-order valence-electron chi connectivity index (χ1n) is 10.3. The van der Waals surface area contributed by atoms with Gasteiger partial charge in [-0.05, 0) is 68.7 Å². The quantitative estimate of drug-likeness (QED) is 0.426. The maximum absolute atomic E-state index is 13.2. The van der Waals surface area contributed by atoms with Crippen LogP contribution in [-0.4, -0.2) is 23.5 Å². The molecule has 0 saturated carbocycles. The molecule has 2 N–H and O–H groups in total. The lowest BCUT2D eigenvalue weighted by molar-refractivity contribution is 0.103. The van der Waals surface area contributed by atoms with E-state index in [9.17, 15) is 9.59 Å². The smallest absolute Gasteiger partial charge is 0.411 e. The van der Waals surface area contributed by atoms with E-state index < -0.39 is 11.9 Å². The Kier molecular flexibility index (Phi) is 7.49. The standard InChI is InChI=1S/C25H26ClN3O3/c1-5-32-25(31)28-21-10-11-22(27-14-19-16(3)12-15(2)13-17(19)4)29-23(21)24(30)18-8-6-7-9-20(18)26/h6-13H,5,14H2,1-4H3,(H,27,29)(H,28,31). The average Bonchev–Trinajstić information content (AvgIpc) is 2.74. The highest BCUT2D eigenvalue weighted by Gasteiger charge is 2.20. The Morgan fingerprint density at radius 3 is 2.38 bits per heavy atom. The second-order valence-electron chi connectivity index (χ2n) is 7.48. The molecule has 1 amide bonds. The van der Waals surface area contributed by atoms with E-state index in [-0.39, 0.29) is 18.0 Å². The van der Waals surface area contributed by atoms with Gasteiger partial charge in [-0.3, -0.25) is 10.1 Å². The average molecular weight is 452 g/mol. The molecule has 3 rings (SSSR count). The van der Waals surface area contributed by atoms with Crippen LogP contribution in [0.1, 0.15) is 45.2 Å². The largest absolute Gasteiger partial charge is 0.450 e. The van der Waals surface area contributed by atoms with Gasteiger partial charge in [-0.2, -0.15) is 0 Å². The molecule has 0 bridgehead atoms. The summed E-state index contributed by atoms with van der Waals surface area (Å²) in [6.07, 6.45) is -0.658. The molecule has 2 aromatic carbocycles. The number of carbonyl (C=O) groups excluding carboxylic acids is 2. The van der Waals surface area contributed by atoms with Gasteiger partial charge in [0.2, 0.25) is 5.78 Å². The Labute approximate surface area is 193 Å². The fourth-order valence-electron chi connectivity index (χ4n) is 3.55. The summed E-state index contributed by atoms with van der Waals surface area (Å²) in [5.74, 6) is 0.114. The summed E-state index contributed by atoms with van der Waals surface area (Å²) >= 11 is 6.23. The number of hydrogen-bond donors (Lipinski definition) is 2. The second-order valence-corrected chi connectivity index (χ2v) is 7.89. The number of carbonyl (C=O) groups is 2. The highest BCUT2D eigenvalue weighted by Crippen LogP contribution is 2.25. The molecule has 1 aromatic heterocycles. The molecular formula is C25H26ClN3O3. The number of anilines is 2. The molecule has 0 radical (unpaired) electrons. The Bertz CT molecular complexity index is 1140. The molecular weight excluding hydrogens is 426 g/mol. The van der Waals surface area contributed by atoms with Crippen LogP contribution < -0.4 is 10.6 Å². The van der Waals surface area contributed by atoms with E-state index in [1.54, 1.807) is 43.3 Å². The molecule has 1 heterocycles. The fraction of sp³-hybridized carbons (Fsp3) is 0.240. The first-order chi connectivity index (χ1) is 15.3. The lowest BCUT2D eigenvalue weighted by Gasteiger charge is -2.15. The van der Waals surface area contributed by atoms with Gasteiger partial charge in [0.25, 0.3) is 0 Å². The number of nitrogens with zero attached hydrogens (tertiary/aromatic N) is 1. The van der Waals surface area contributed by atoms with E-state index in [1.165, 1.54) is 22.3 Å². The zero-order valence-electron chi connectivity index (χ0n) is 18.6. The highest BCUT2D eigenvalue weighted by atomic mass is 35.5. The number of hydrogen-bond acceptors (Lipinski definition) is 5. The van der Waals surface area contributed by atoms with Crippen molar-refractivity contribution >= 4 is 35.0 Å². The zero-order valence-corrected chi connectivity index (χ0v) is 19.3. The molecule has 7 heteroatoms. The second kappa shape index (κ2) is 10.3. The molecule has 0 atom stereocenters. The summed E-state index contributed by atoms with van der Waals surface area (Å²) in [7, 11) is 0. The van der Waals surface area contributed by atoms with Crippen molar-refractivity contribution in [2.45, 2.75) is 34.2 Å². The van der Waals surface area contributed by atoms with E-state index in [1.807, 2.05) is 0 Å². The summed E-state index contributed by atoms with van der Waals surface area (Å²) in [6.45, 7) is 8.68. The number of benzene rings is 2. The van der Waals surface area contributed by atoms with Crippen molar-refractivity contribution < 1.29 is 14.3 Å². The molecule has 6 nitrogen and oxygen atoms in total. The number of amides is 1. The van der Waals surface area contributed by atoms with Gasteiger partial charge < -0.3 is 10.1 Å². The summed E-state index contributed by atoms with van der Waals surface area (Å²) in [6, 6.07) is 14.3. The Hall–Kier alpha value is -3.38. The minimum absolute atomic E-state index is 0.0773. The summed E-state index contributed by atoms with van der Waals surface area (Å²) in [5, 5.41) is 6.19. The first kappa shape index (κ1) is 23.3. The fourth-order valence-corrected chi connectivity index (χ4v) is 3.77. The van der Waals surface area contributed by atoms with Gasteiger partial charge in [0.15, 0.2) is 0 Å². The van der Waals surface area contributed by atoms with Crippen LogP contribution in [0, 0.1) is 20.8 Å². The minimum atomic E-state index is -0.658. The summed E-state index contributed by atoms with van der Waals surface area (Å²) in [4.78, 5) is 29.7. The third kappa shape index (κ3) is 5.45. The number of rotatable bonds is 7. The zero-order chi connectivity index (χ0) is 23.3. The van der Waals surface area contributed by atoms with Gasteiger partial charge in [0, 0.05) is 12.1 Å². The summed E-state index contributed by atoms with van der Waals surface area (Å²) < 4.78 is 4.95. The van der Waals surface area contributed by atoms with E-state index in [4.69, 9.17) is 16.3 Å². The Morgan fingerprint density at radius 2 is 1.72 bits per heavy atom. The normalized spacial score (nSPS) is 10.5. The maximum Gasteiger partial charge on any atom is 0.411 e. The van der Waals surface area contributed by atoms with Crippen LogP contribution in [0.3, 0.4) is 0 Å². The predicted molar refractivity (Wildman–Crippen MR) is 128 cm³/mol. The first-order valence-corrected chi connectivity index (χ1v) is 10.7. The van der Waals surface area contributed by atoms with Crippen LogP contribution in [0.2, 0.25) is 5.02 Å². The van der Waals surface area contributed by atoms with Crippen LogP contribution >= 0.6 is 11.6 Å². The number of aromatic nitrogens is 1. The molecule has 0 aliphatic rings. The Morgan fingerprint density at radius 1 is 1.03 bits per heavy atom. The number of ether oxygens (including phenoxy) is 1. The van der Waals surface area contributed by atoms with Crippen molar-refractivity contribution in [2.75, 3.05) is 17.2 Å². The monoisotopic (exact) mass is 451 g/mol. The lowest BCUT2D eigenvalue weighted by Crippen LogP contribution is -2.18. The number of halogens is 1. The van der Waals surface area contributed by atoms with Gasteiger partial charge in [0.05, 0.1) is 17.3 Å². The molecule has 0 spiro atoms. The van der Waals surface area contributed by atoms with Crippen LogP contribution in [0.25, 0.3) is 0 Å². The van der Waals surface area contributed by atoms with E-state index in [0.29, 0.717) is 22.9 Å². The number of pyridine rings is 1. The van der Waals surface area contributed by atoms with E-state index in [2.05, 4.69) is 48.5 Å². The molecule has 0 unspecified atom stereocenters. The van der Waals surface area contributed by atoms with Crippen LogP contribution in [0.5, 0.6) is 0 Å². The third-order valence-corrected chi connectivity index (χ3v) is 5.36. The van der Waals surface area contributed by atoms with Crippen LogP contribution in [-0.2, 0) is 11.3 Å². The summed E-state index contributed by atoms with van der Waals surface area (Å²) in [5.41, 5.74) is 5.38. The molecule has 3 aromatic rings. The number of ketones is 1. The van der Waals surface area contributed by atoms with Crippen molar-refractivity contribution in [3.05, 3.63) is 87.1 Å². The van der Waals surface area contributed by atoms with Gasteiger partial charge in [0.1, 0.15) is 11.5 Å².